The van der Waals surface area contributed by atoms with Gasteiger partial charge in [-0.25, -0.2) is 4.79 Å². The lowest BCUT2D eigenvalue weighted by Crippen LogP contribution is -2.13. The fraction of sp³-hybridized carbons (Fsp3) is 0.0667. The number of hydrogen-bond acceptors (Lipinski definition) is 3. The molecule has 0 aliphatic carbocycles. The van der Waals surface area contributed by atoms with Crippen LogP contribution in [0.2, 0.25) is 0 Å². The maximum absolute atomic E-state index is 10.7. The van der Waals surface area contributed by atoms with Gasteiger partial charge in [-0.2, -0.15) is 0 Å². The molecular formula is C15H15ClN2O3. The van der Waals surface area contributed by atoms with Crippen molar-refractivity contribution in [2.24, 2.45) is 5.73 Å². The zero-order valence-corrected chi connectivity index (χ0v) is 11.9. The van der Waals surface area contributed by atoms with Crippen LogP contribution in [0.4, 0.5) is 0 Å². The number of aromatic carboxylic acids is 1. The molecule has 0 atom stereocenters. The summed E-state index contributed by atoms with van der Waals surface area (Å²) in [5.74, 6) is -0.483. The van der Waals surface area contributed by atoms with E-state index in [2.05, 4.69) is 0 Å². The van der Waals surface area contributed by atoms with Crippen LogP contribution in [0.15, 0.2) is 48.5 Å². The minimum absolute atomic E-state index is 0. The van der Waals surface area contributed by atoms with E-state index in [-0.39, 0.29) is 30.4 Å². The predicted molar refractivity (Wildman–Crippen MR) is 82.4 cm³/mol. The van der Waals surface area contributed by atoms with Gasteiger partial charge in [0, 0.05) is 0 Å². The summed E-state index contributed by atoms with van der Waals surface area (Å²) in [5.41, 5.74) is 7.09. The second-order valence-electron chi connectivity index (χ2n) is 4.20. The lowest BCUT2D eigenvalue weighted by atomic mass is 10.1. The Balaban J connectivity index is 0.00000220. The second-order valence-corrected chi connectivity index (χ2v) is 4.20. The van der Waals surface area contributed by atoms with Gasteiger partial charge < -0.3 is 15.6 Å². The first-order chi connectivity index (χ1) is 9.58. The van der Waals surface area contributed by atoms with E-state index in [1.807, 2.05) is 0 Å². The van der Waals surface area contributed by atoms with E-state index in [9.17, 15) is 4.79 Å². The van der Waals surface area contributed by atoms with Crippen LogP contribution in [0.1, 0.15) is 21.5 Å². The Kier molecular flexibility index (Phi) is 5.75. The standard InChI is InChI=1S/C15H14N2O3.ClH/c16-14(17)12-3-1-2-4-13(12)20-9-10-5-7-11(8-6-10)15(18)19;/h1-8H,9H2,(H3,16,17)(H,18,19);1H. The minimum Gasteiger partial charge on any atom is -0.488 e. The first kappa shape index (κ1) is 16.5. The number of nitrogen functional groups attached to an aromatic ring is 1. The molecule has 0 radical (unpaired) electrons. The molecule has 2 aromatic rings. The Labute approximate surface area is 128 Å². The highest BCUT2D eigenvalue weighted by atomic mass is 35.5. The summed E-state index contributed by atoms with van der Waals surface area (Å²) in [6, 6.07) is 13.5. The Morgan fingerprint density at radius 2 is 1.76 bits per heavy atom. The highest BCUT2D eigenvalue weighted by Gasteiger charge is 2.06. The zero-order chi connectivity index (χ0) is 14.5. The molecule has 0 aliphatic rings. The molecule has 0 saturated carbocycles. The number of ether oxygens (including phenoxy) is 1. The van der Waals surface area contributed by atoms with Crippen molar-refractivity contribution < 1.29 is 14.6 Å². The van der Waals surface area contributed by atoms with Gasteiger partial charge >= 0.3 is 5.97 Å². The largest absolute Gasteiger partial charge is 0.488 e. The third-order valence-corrected chi connectivity index (χ3v) is 2.77. The van der Waals surface area contributed by atoms with Crippen LogP contribution in [0.5, 0.6) is 5.75 Å². The van der Waals surface area contributed by atoms with E-state index >= 15 is 0 Å². The van der Waals surface area contributed by atoms with Crippen LogP contribution in [0.25, 0.3) is 0 Å². The lowest BCUT2D eigenvalue weighted by molar-refractivity contribution is 0.0697. The molecule has 5 nitrogen and oxygen atoms in total. The predicted octanol–water partition coefficient (Wildman–Crippen LogP) is 2.67. The van der Waals surface area contributed by atoms with Gasteiger partial charge in [-0.15, -0.1) is 12.4 Å². The van der Waals surface area contributed by atoms with Crippen molar-refractivity contribution >= 4 is 24.2 Å². The summed E-state index contributed by atoms with van der Waals surface area (Å²) in [4.78, 5) is 10.7. The number of nitrogens with two attached hydrogens (primary N) is 1. The van der Waals surface area contributed by atoms with Crippen LogP contribution < -0.4 is 10.5 Å². The topological polar surface area (TPSA) is 96.4 Å². The molecule has 2 rings (SSSR count). The fourth-order valence-corrected chi connectivity index (χ4v) is 1.72. The number of carboxylic acid groups (broad SMARTS) is 1. The first-order valence-corrected chi connectivity index (χ1v) is 5.96. The molecular weight excluding hydrogens is 292 g/mol. The third kappa shape index (κ3) is 4.22. The minimum atomic E-state index is -0.959. The van der Waals surface area contributed by atoms with Crippen LogP contribution >= 0.6 is 12.4 Å². The summed E-state index contributed by atoms with van der Waals surface area (Å²) >= 11 is 0. The maximum atomic E-state index is 10.7. The zero-order valence-electron chi connectivity index (χ0n) is 11.1. The number of para-hydroxylation sites is 1. The molecule has 4 N–H and O–H groups in total. The highest BCUT2D eigenvalue weighted by Crippen LogP contribution is 2.18. The van der Waals surface area contributed by atoms with Crippen molar-refractivity contribution in [3.05, 3.63) is 65.2 Å². The average Bonchev–Trinajstić information content (AvgIpc) is 2.45. The maximum Gasteiger partial charge on any atom is 0.335 e. The first-order valence-electron chi connectivity index (χ1n) is 5.96. The monoisotopic (exact) mass is 306 g/mol. The summed E-state index contributed by atoms with van der Waals surface area (Å²) in [5, 5.41) is 16.3. The summed E-state index contributed by atoms with van der Waals surface area (Å²) in [7, 11) is 0. The van der Waals surface area contributed by atoms with Crippen molar-refractivity contribution in [2.45, 2.75) is 6.61 Å². The van der Waals surface area contributed by atoms with E-state index in [1.54, 1.807) is 36.4 Å². The van der Waals surface area contributed by atoms with E-state index in [0.29, 0.717) is 11.3 Å². The van der Waals surface area contributed by atoms with Crippen LogP contribution in [-0.4, -0.2) is 16.9 Å². The molecule has 110 valence electrons. The van der Waals surface area contributed by atoms with Gasteiger partial charge in [-0.1, -0.05) is 24.3 Å². The third-order valence-electron chi connectivity index (χ3n) is 2.77. The van der Waals surface area contributed by atoms with E-state index in [4.69, 9.17) is 21.0 Å². The second kappa shape index (κ2) is 7.31. The Morgan fingerprint density at radius 3 is 2.33 bits per heavy atom. The van der Waals surface area contributed by atoms with Crippen molar-refractivity contribution in [1.29, 1.82) is 5.41 Å². The molecule has 0 amide bonds. The van der Waals surface area contributed by atoms with Gasteiger partial charge in [0.1, 0.15) is 18.2 Å². The van der Waals surface area contributed by atoms with Crippen LogP contribution in [0, 0.1) is 5.41 Å². The van der Waals surface area contributed by atoms with Gasteiger partial charge in [0.05, 0.1) is 11.1 Å². The number of benzene rings is 2. The van der Waals surface area contributed by atoms with E-state index < -0.39 is 5.97 Å². The molecule has 0 aromatic heterocycles. The smallest absolute Gasteiger partial charge is 0.335 e. The number of halogens is 1. The molecule has 0 bridgehead atoms. The number of carboxylic acids is 1. The van der Waals surface area contributed by atoms with Gasteiger partial charge in [0.25, 0.3) is 0 Å². The Hall–Kier alpha value is -2.53. The van der Waals surface area contributed by atoms with E-state index in [0.717, 1.165) is 5.56 Å². The van der Waals surface area contributed by atoms with Gasteiger partial charge in [0.15, 0.2) is 0 Å². The summed E-state index contributed by atoms with van der Waals surface area (Å²) in [6.45, 7) is 0.282. The number of amidine groups is 1. The number of nitrogens with one attached hydrogen (secondary N) is 1. The quantitative estimate of drug-likeness (QED) is 0.584. The van der Waals surface area contributed by atoms with Crippen molar-refractivity contribution in [1.82, 2.24) is 0 Å². The van der Waals surface area contributed by atoms with Gasteiger partial charge in [-0.3, -0.25) is 5.41 Å². The van der Waals surface area contributed by atoms with Gasteiger partial charge in [0.2, 0.25) is 0 Å². The summed E-state index contributed by atoms with van der Waals surface area (Å²) in [6.07, 6.45) is 0. The molecule has 6 heteroatoms. The van der Waals surface area contributed by atoms with E-state index in [1.165, 1.54) is 12.1 Å². The molecule has 0 fully saturated rings. The highest BCUT2D eigenvalue weighted by molar-refractivity contribution is 5.97. The molecule has 21 heavy (non-hydrogen) atoms. The van der Waals surface area contributed by atoms with Crippen molar-refractivity contribution in [2.75, 3.05) is 0 Å². The summed E-state index contributed by atoms with van der Waals surface area (Å²) < 4.78 is 5.62. The van der Waals surface area contributed by atoms with Crippen molar-refractivity contribution in [3.8, 4) is 5.75 Å². The SMILES string of the molecule is Cl.N=C(N)c1ccccc1OCc1ccc(C(=O)O)cc1. The average molecular weight is 307 g/mol. The van der Waals surface area contributed by atoms with Crippen molar-refractivity contribution in [3.63, 3.8) is 0 Å². The number of hydrogen-bond donors (Lipinski definition) is 3. The molecule has 0 aliphatic heterocycles. The molecule has 0 heterocycles. The van der Waals surface area contributed by atoms with Crippen LogP contribution in [0.3, 0.4) is 0 Å². The Morgan fingerprint density at radius 1 is 1.14 bits per heavy atom. The van der Waals surface area contributed by atoms with Crippen LogP contribution in [-0.2, 0) is 6.61 Å². The number of rotatable bonds is 5. The molecule has 0 spiro atoms. The number of carbonyl (C=O) groups is 1. The molecule has 0 saturated heterocycles. The van der Waals surface area contributed by atoms with Gasteiger partial charge in [-0.05, 0) is 29.8 Å². The molecule has 2 aromatic carbocycles. The normalized spacial score (nSPS) is 9.52. The fourth-order valence-electron chi connectivity index (χ4n) is 1.72. The molecule has 0 unspecified atom stereocenters. The Bertz CT molecular complexity index is 642. The lowest BCUT2D eigenvalue weighted by Gasteiger charge is -2.10.